The van der Waals surface area contributed by atoms with E-state index in [-0.39, 0.29) is 5.91 Å². The van der Waals surface area contributed by atoms with Crippen LogP contribution in [0.5, 0.6) is 0 Å². The van der Waals surface area contributed by atoms with Crippen molar-refractivity contribution in [3.63, 3.8) is 0 Å². The van der Waals surface area contributed by atoms with E-state index in [2.05, 4.69) is 25.5 Å². The summed E-state index contributed by atoms with van der Waals surface area (Å²) in [5, 5.41) is 11.4. The monoisotopic (exact) mass is 381 g/mol. The van der Waals surface area contributed by atoms with Crippen molar-refractivity contribution in [3.05, 3.63) is 64.9 Å². The third kappa shape index (κ3) is 3.76. The Morgan fingerprint density at radius 1 is 1.23 bits per heavy atom. The smallest absolute Gasteiger partial charge is 0.255 e. The number of anilines is 1. The first-order valence-electron chi connectivity index (χ1n) is 7.93. The molecule has 0 aliphatic heterocycles. The Morgan fingerprint density at radius 3 is 2.85 bits per heavy atom. The average molecular weight is 381 g/mol. The Bertz CT molecular complexity index is 1040. The molecule has 0 bridgehead atoms. The number of nitrogens with zero attached hydrogens (tertiary/aromatic N) is 3. The minimum Gasteiger partial charge on any atom is -0.322 e. The summed E-state index contributed by atoms with van der Waals surface area (Å²) in [6.45, 7) is 1.98. The lowest BCUT2D eigenvalue weighted by molar-refractivity contribution is 0.102. The van der Waals surface area contributed by atoms with E-state index >= 15 is 0 Å². The molecular formula is C18H15N5OS2. The molecule has 0 unspecified atom stereocenters. The second-order valence-corrected chi connectivity index (χ2v) is 7.84. The molecule has 0 aliphatic rings. The molecule has 130 valence electrons. The number of thiazole rings is 1. The molecule has 0 spiro atoms. The zero-order valence-corrected chi connectivity index (χ0v) is 15.5. The molecule has 8 heteroatoms. The standard InChI is InChI=1S/C18H15N5OS2/c1-11-21-15-7-6-14(8-16(15)26-11)22-17(24)13-4-2-12(3-5-13)9-25-18-19-10-20-23-18/h2-8,10H,9H2,1H3,(H,22,24)(H,19,20,23). The van der Waals surface area contributed by atoms with Gasteiger partial charge in [0.15, 0.2) is 5.16 Å². The third-order valence-electron chi connectivity index (χ3n) is 3.74. The highest BCUT2D eigenvalue weighted by Gasteiger charge is 2.08. The number of nitrogens with one attached hydrogen (secondary N) is 2. The van der Waals surface area contributed by atoms with Crippen molar-refractivity contribution in [2.75, 3.05) is 5.32 Å². The van der Waals surface area contributed by atoms with Crippen LogP contribution in [-0.4, -0.2) is 26.1 Å². The molecule has 2 N–H and O–H groups in total. The van der Waals surface area contributed by atoms with E-state index < -0.39 is 0 Å². The number of carbonyl (C=O) groups is 1. The van der Waals surface area contributed by atoms with Crippen LogP contribution in [-0.2, 0) is 5.75 Å². The molecule has 0 saturated heterocycles. The van der Waals surface area contributed by atoms with E-state index in [0.29, 0.717) is 5.56 Å². The zero-order valence-electron chi connectivity index (χ0n) is 13.9. The van der Waals surface area contributed by atoms with Crippen molar-refractivity contribution >= 4 is 44.9 Å². The molecule has 2 aromatic carbocycles. The maximum atomic E-state index is 12.5. The van der Waals surface area contributed by atoms with Crippen LogP contribution in [0.25, 0.3) is 10.2 Å². The lowest BCUT2D eigenvalue weighted by Crippen LogP contribution is -2.11. The first kappa shape index (κ1) is 16.7. The van der Waals surface area contributed by atoms with Crippen LogP contribution in [0.3, 0.4) is 0 Å². The van der Waals surface area contributed by atoms with Gasteiger partial charge >= 0.3 is 0 Å². The van der Waals surface area contributed by atoms with Crippen LogP contribution in [0.15, 0.2) is 53.9 Å². The number of H-pyrrole nitrogens is 1. The summed E-state index contributed by atoms with van der Waals surface area (Å²) in [7, 11) is 0. The minimum absolute atomic E-state index is 0.125. The summed E-state index contributed by atoms with van der Waals surface area (Å²) < 4.78 is 1.07. The zero-order chi connectivity index (χ0) is 17.9. The summed E-state index contributed by atoms with van der Waals surface area (Å²) in [6.07, 6.45) is 1.49. The predicted octanol–water partition coefficient (Wildman–Crippen LogP) is 4.27. The van der Waals surface area contributed by atoms with E-state index in [4.69, 9.17) is 0 Å². The first-order valence-corrected chi connectivity index (χ1v) is 9.73. The van der Waals surface area contributed by atoms with Gasteiger partial charge in [0.2, 0.25) is 0 Å². The normalized spacial score (nSPS) is 11.0. The molecule has 0 atom stereocenters. The number of aromatic nitrogens is 4. The second kappa shape index (κ2) is 7.27. The predicted molar refractivity (Wildman–Crippen MR) is 105 cm³/mol. The molecule has 2 aromatic heterocycles. The van der Waals surface area contributed by atoms with E-state index in [1.54, 1.807) is 23.1 Å². The summed E-state index contributed by atoms with van der Waals surface area (Å²) in [5.41, 5.74) is 3.47. The average Bonchev–Trinajstić information content (AvgIpc) is 3.28. The quantitative estimate of drug-likeness (QED) is 0.505. The third-order valence-corrected chi connectivity index (χ3v) is 5.62. The summed E-state index contributed by atoms with van der Waals surface area (Å²) in [4.78, 5) is 21.0. The van der Waals surface area contributed by atoms with Crippen molar-refractivity contribution in [2.24, 2.45) is 0 Å². The van der Waals surface area contributed by atoms with Crippen molar-refractivity contribution < 1.29 is 4.79 Å². The van der Waals surface area contributed by atoms with Gasteiger partial charge in [0.1, 0.15) is 6.33 Å². The number of amides is 1. The maximum absolute atomic E-state index is 12.5. The van der Waals surface area contributed by atoms with Gasteiger partial charge in [-0.1, -0.05) is 23.9 Å². The molecule has 1 amide bonds. The van der Waals surface area contributed by atoms with Crippen molar-refractivity contribution in [1.29, 1.82) is 0 Å². The van der Waals surface area contributed by atoms with Gasteiger partial charge in [0.05, 0.1) is 15.2 Å². The van der Waals surface area contributed by atoms with Crippen molar-refractivity contribution in [3.8, 4) is 0 Å². The highest BCUT2D eigenvalue weighted by atomic mass is 32.2. The number of fused-ring (bicyclic) bond motifs is 1. The van der Waals surface area contributed by atoms with Gasteiger partial charge in [-0.3, -0.25) is 9.89 Å². The number of hydrogen-bond donors (Lipinski definition) is 2. The molecule has 0 aliphatic carbocycles. The van der Waals surface area contributed by atoms with Gasteiger partial charge in [0, 0.05) is 17.0 Å². The second-order valence-electron chi connectivity index (χ2n) is 5.65. The van der Waals surface area contributed by atoms with Crippen LogP contribution in [0.1, 0.15) is 20.9 Å². The van der Waals surface area contributed by atoms with Crippen LogP contribution < -0.4 is 5.32 Å². The van der Waals surface area contributed by atoms with E-state index in [1.807, 2.05) is 49.4 Å². The number of rotatable bonds is 5. The first-order chi connectivity index (χ1) is 12.7. The SMILES string of the molecule is Cc1nc2ccc(NC(=O)c3ccc(CSc4ncn[nH]4)cc3)cc2s1. The Morgan fingerprint density at radius 2 is 2.08 bits per heavy atom. The molecular weight excluding hydrogens is 366 g/mol. The topological polar surface area (TPSA) is 83.6 Å². The van der Waals surface area contributed by atoms with Gasteiger partial charge in [-0.2, -0.15) is 5.10 Å². The van der Waals surface area contributed by atoms with E-state index in [1.165, 1.54) is 6.33 Å². The van der Waals surface area contributed by atoms with Crippen LogP contribution in [0.4, 0.5) is 5.69 Å². The largest absolute Gasteiger partial charge is 0.322 e. The Balaban J connectivity index is 1.41. The van der Waals surface area contributed by atoms with Crippen molar-refractivity contribution in [2.45, 2.75) is 17.8 Å². The number of benzene rings is 2. The minimum atomic E-state index is -0.125. The van der Waals surface area contributed by atoms with Gasteiger partial charge in [-0.05, 0) is 42.8 Å². The molecule has 0 fully saturated rings. The summed E-state index contributed by atoms with van der Waals surface area (Å²) in [5.74, 6) is 0.637. The highest BCUT2D eigenvalue weighted by Crippen LogP contribution is 2.25. The van der Waals surface area contributed by atoms with Crippen molar-refractivity contribution in [1.82, 2.24) is 20.2 Å². The van der Waals surface area contributed by atoms with Gasteiger partial charge in [-0.15, -0.1) is 11.3 Å². The number of hydrogen-bond acceptors (Lipinski definition) is 6. The lowest BCUT2D eigenvalue weighted by Gasteiger charge is -2.06. The molecule has 6 nitrogen and oxygen atoms in total. The lowest BCUT2D eigenvalue weighted by atomic mass is 10.1. The van der Waals surface area contributed by atoms with Gasteiger partial charge in [-0.25, -0.2) is 9.97 Å². The Labute approximate surface area is 158 Å². The maximum Gasteiger partial charge on any atom is 0.255 e. The molecule has 4 rings (SSSR count). The Hall–Kier alpha value is -2.71. The fourth-order valence-corrected chi connectivity index (χ4v) is 4.09. The fourth-order valence-electron chi connectivity index (χ4n) is 2.49. The van der Waals surface area contributed by atoms with Gasteiger partial charge in [0.25, 0.3) is 5.91 Å². The summed E-state index contributed by atoms with van der Waals surface area (Å²) in [6, 6.07) is 13.3. The fraction of sp³-hybridized carbons (Fsp3) is 0.111. The van der Waals surface area contributed by atoms with E-state index in [0.717, 1.165) is 37.4 Å². The van der Waals surface area contributed by atoms with Crippen LogP contribution in [0.2, 0.25) is 0 Å². The van der Waals surface area contributed by atoms with Gasteiger partial charge < -0.3 is 5.32 Å². The van der Waals surface area contributed by atoms with Crippen LogP contribution in [0, 0.1) is 6.92 Å². The molecule has 26 heavy (non-hydrogen) atoms. The number of carbonyl (C=O) groups excluding carboxylic acids is 1. The molecule has 4 aromatic rings. The number of aryl methyl sites for hydroxylation is 1. The number of aromatic amines is 1. The number of thioether (sulfide) groups is 1. The molecule has 0 saturated carbocycles. The van der Waals surface area contributed by atoms with Crippen LogP contribution >= 0.6 is 23.1 Å². The summed E-state index contributed by atoms with van der Waals surface area (Å²) >= 11 is 3.18. The van der Waals surface area contributed by atoms with E-state index in [9.17, 15) is 4.79 Å². The highest BCUT2D eigenvalue weighted by molar-refractivity contribution is 7.98. The molecule has 0 radical (unpaired) electrons. The Kier molecular flexibility index (Phi) is 4.68. The molecule has 2 heterocycles.